The van der Waals surface area contributed by atoms with Crippen molar-refractivity contribution >= 4 is 16.8 Å². The van der Waals surface area contributed by atoms with E-state index >= 15 is 0 Å². The van der Waals surface area contributed by atoms with E-state index in [1.165, 1.54) is 23.1 Å². The highest BCUT2D eigenvalue weighted by molar-refractivity contribution is 5.98. The number of halogens is 3. The van der Waals surface area contributed by atoms with E-state index in [9.17, 15) is 18.0 Å². The van der Waals surface area contributed by atoms with E-state index in [0.29, 0.717) is 17.4 Å². The van der Waals surface area contributed by atoms with Gasteiger partial charge in [0.25, 0.3) is 5.91 Å². The van der Waals surface area contributed by atoms with Gasteiger partial charge in [-0.25, -0.2) is 0 Å². The number of hydrogen-bond donors (Lipinski definition) is 2. The van der Waals surface area contributed by atoms with Gasteiger partial charge in [0, 0.05) is 30.1 Å². The molecule has 0 bridgehead atoms. The zero-order valence-electron chi connectivity index (χ0n) is 12.5. The molecule has 1 heterocycles. The van der Waals surface area contributed by atoms with E-state index < -0.39 is 6.36 Å². The summed E-state index contributed by atoms with van der Waals surface area (Å²) in [6.45, 7) is 2.43. The number of benzene rings is 1. The van der Waals surface area contributed by atoms with Crippen LogP contribution < -0.4 is 4.74 Å². The smallest absolute Gasteiger partial charge is 0.406 e. The van der Waals surface area contributed by atoms with Crippen LogP contribution in [0.4, 0.5) is 13.2 Å². The van der Waals surface area contributed by atoms with Crippen LogP contribution in [0.1, 0.15) is 23.8 Å². The highest BCUT2D eigenvalue weighted by Crippen LogP contribution is 2.27. The molecule has 2 rings (SSSR count). The zero-order chi connectivity index (χ0) is 17.0. The van der Waals surface area contributed by atoms with E-state index in [4.69, 9.17) is 5.11 Å². The van der Waals surface area contributed by atoms with Crippen LogP contribution in [0.2, 0.25) is 0 Å². The lowest BCUT2D eigenvalue weighted by atomic mass is 10.2. The van der Waals surface area contributed by atoms with Crippen molar-refractivity contribution in [1.29, 1.82) is 0 Å². The number of rotatable bonds is 6. The molecule has 0 atom stereocenters. The first-order valence-electron chi connectivity index (χ1n) is 7.12. The predicted molar refractivity (Wildman–Crippen MR) is 78.3 cm³/mol. The quantitative estimate of drug-likeness (QED) is 0.856. The Kier molecular flexibility index (Phi) is 5.15. The molecule has 2 aromatic rings. The van der Waals surface area contributed by atoms with Gasteiger partial charge >= 0.3 is 6.36 Å². The monoisotopic (exact) mass is 330 g/mol. The lowest BCUT2D eigenvalue weighted by Gasteiger charge is -2.20. The average Bonchev–Trinajstić information content (AvgIpc) is 2.87. The molecule has 2 N–H and O–H groups in total. The highest BCUT2D eigenvalue weighted by atomic mass is 19.4. The van der Waals surface area contributed by atoms with Gasteiger partial charge in [0.2, 0.25) is 0 Å². The van der Waals surface area contributed by atoms with Crippen molar-refractivity contribution in [3.63, 3.8) is 0 Å². The number of nitrogens with one attached hydrogen (secondary N) is 1. The van der Waals surface area contributed by atoms with E-state index in [1.807, 2.05) is 6.92 Å². The predicted octanol–water partition coefficient (Wildman–Crippen LogP) is 2.91. The molecule has 0 saturated carbocycles. The number of aliphatic hydroxyl groups excluding tert-OH is 1. The second-order valence-corrected chi connectivity index (χ2v) is 5.00. The molecule has 0 aliphatic carbocycles. The molecule has 0 fully saturated rings. The normalized spacial score (nSPS) is 11.7. The van der Waals surface area contributed by atoms with Crippen LogP contribution in [0.15, 0.2) is 24.3 Å². The van der Waals surface area contributed by atoms with Crippen molar-refractivity contribution in [2.24, 2.45) is 0 Å². The molecule has 126 valence electrons. The Labute approximate surface area is 130 Å². The number of aliphatic hydroxyl groups is 1. The number of carbonyl (C=O) groups excluding carboxylic acids is 1. The molecule has 1 aromatic carbocycles. The summed E-state index contributed by atoms with van der Waals surface area (Å²) in [5.41, 5.74) is 0.626. The first-order valence-corrected chi connectivity index (χ1v) is 7.12. The van der Waals surface area contributed by atoms with Crippen molar-refractivity contribution in [1.82, 2.24) is 9.88 Å². The Morgan fingerprint density at radius 1 is 1.30 bits per heavy atom. The summed E-state index contributed by atoms with van der Waals surface area (Å²) in [6, 6.07) is 5.39. The summed E-state index contributed by atoms with van der Waals surface area (Å²) in [5.74, 6) is -0.665. The van der Waals surface area contributed by atoms with Gasteiger partial charge in [0.15, 0.2) is 0 Å². The van der Waals surface area contributed by atoms with Crippen molar-refractivity contribution < 1.29 is 27.8 Å². The summed E-state index contributed by atoms with van der Waals surface area (Å²) in [7, 11) is 0. The summed E-state index contributed by atoms with van der Waals surface area (Å²) in [5, 5.41) is 9.62. The topological polar surface area (TPSA) is 65.6 Å². The minimum Gasteiger partial charge on any atom is -0.406 e. The van der Waals surface area contributed by atoms with Gasteiger partial charge in [-0.2, -0.15) is 0 Å². The van der Waals surface area contributed by atoms with Crippen LogP contribution in [0.5, 0.6) is 5.75 Å². The molecule has 0 aliphatic heterocycles. The van der Waals surface area contributed by atoms with Gasteiger partial charge in [0.05, 0.1) is 6.61 Å². The molecule has 0 spiro atoms. The van der Waals surface area contributed by atoms with Gasteiger partial charge in [-0.1, -0.05) is 6.92 Å². The van der Waals surface area contributed by atoms with Crippen molar-refractivity contribution in [3.8, 4) is 5.75 Å². The fraction of sp³-hybridized carbons (Fsp3) is 0.400. The molecule has 0 aliphatic rings. The van der Waals surface area contributed by atoms with Crippen LogP contribution in [-0.4, -0.2) is 47.0 Å². The van der Waals surface area contributed by atoms with Crippen LogP contribution in [-0.2, 0) is 0 Å². The van der Waals surface area contributed by atoms with Gasteiger partial charge in [0.1, 0.15) is 11.4 Å². The number of carbonyl (C=O) groups is 1. The minimum absolute atomic E-state index is 0.157. The number of aromatic nitrogens is 1. The van der Waals surface area contributed by atoms with Gasteiger partial charge in [-0.3, -0.25) is 4.79 Å². The fourth-order valence-electron chi connectivity index (χ4n) is 2.29. The maximum Gasteiger partial charge on any atom is 0.573 e. The number of H-pyrrole nitrogens is 1. The van der Waals surface area contributed by atoms with Crippen LogP contribution in [0.25, 0.3) is 10.9 Å². The lowest BCUT2D eigenvalue weighted by molar-refractivity contribution is -0.274. The van der Waals surface area contributed by atoms with Crippen molar-refractivity contribution in [2.45, 2.75) is 19.7 Å². The molecule has 0 radical (unpaired) electrons. The first-order chi connectivity index (χ1) is 10.8. The molecule has 0 unspecified atom stereocenters. The molecule has 8 heteroatoms. The third-order valence-corrected chi connectivity index (χ3v) is 3.21. The SMILES string of the molecule is CCCN(CCO)C(=O)c1cc2ccc(OC(F)(F)F)cc2[nH]1. The van der Waals surface area contributed by atoms with Crippen molar-refractivity contribution in [2.75, 3.05) is 19.7 Å². The summed E-state index contributed by atoms with van der Waals surface area (Å²) in [4.78, 5) is 16.7. The maximum atomic E-state index is 12.4. The number of nitrogens with zero attached hydrogens (tertiary/aromatic N) is 1. The van der Waals surface area contributed by atoms with E-state index in [-0.39, 0.29) is 30.5 Å². The largest absolute Gasteiger partial charge is 0.573 e. The number of amides is 1. The number of alkyl halides is 3. The Morgan fingerprint density at radius 2 is 2.04 bits per heavy atom. The lowest BCUT2D eigenvalue weighted by Crippen LogP contribution is -2.34. The second kappa shape index (κ2) is 6.91. The number of ether oxygens (including phenoxy) is 1. The summed E-state index contributed by atoms with van der Waals surface area (Å²) >= 11 is 0. The summed E-state index contributed by atoms with van der Waals surface area (Å²) in [6.07, 6.45) is -4.03. The third kappa shape index (κ3) is 4.38. The molecule has 1 amide bonds. The molecule has 23 heavy (non-hydrogen) atoms. The Morgan fingerprint density at radius 3 is 2.65 bits per heavy atom. The van der Waals surface area contributed by atoms with Crippen LogP contribution in [0, 0.1) is 0 Å². The Bertz CT molecular complexity index is 676. The third-order valence-electron chi connectivity index (χ3n) is 3.21. The average molecular weight is 330 g/mol. The number of hydrogen-bond acceptors (Lipinski definition) is 3. The van der Waals surface area contributed by atoms with E-state index in [2.05, 4.69) is 9.72 Å². The van der Waals surface area contributed by atoms with E-state index in [1.54, 1.807) is 6.07 Å². The first kappa shape index (κ1) is 17.1. The van der Waals surface area contributed by atoms with E-state index in [0.717, 1.165) is 6.42 Å². The minimum atomic E-state index is -4.77. The molecule has 5 nitrogen and oxygen atoms in total. The Hall–Kier alpha value is -2.22. The second-order valence-electron chi connectivity index (χ2n) is 5.00. The molecule has 1 aromatic heterocycles. The van der Waals surface area contributed by atoms with Gasteiger partial charge < -0.3 is 19.7 Å². The van der Waals surface area contributed by atoms with Gasteiger partial charge in [-0.05, 0) is 24.6 Å². The van der Waals surface area contributed by atoms with Crippen molar-refractivity contribution in [3.05, 3.63) is 30.0 Å². The molecular formula is C15H17F3N2O3. The Balaban J connectivity index is 2.27. The maximum absolute atomic E-state index is 12.4. The fourth-order valence-corrected chi connectivity index (χ4v) is 2.29. The van der Waals surface area contributed by atoms with Crippen LogP contribution >= 0.6 is 0 Å². The standard InChI is InChI=1S/C15H17F3N2O3/c1-2-5-20(6-7-21)14(22)13-8-10-3-4-11(9-12(10)19-13)23-15(16,17)18/h3-4,8-9,19,21H,2,5-7H2,1H3. The molecule has 0 saturated heterocycles. The zero-order valence-corrected chi connectivity index (χ0v) is 12.5. The molecular weight excluding hydrogens is 313 g/mol. The van der Waals surface area contributed by atoms with Crippen LogP contribution in [0.3, 0.4) is 0 Å². The van der Waals surface area contributed by atoms with Gasteiger partial charge in [-0.15, -0.1) is 13.2 Å². The number of fused-ring (bicyclic) bond motifs is 1. The summed E-state index contributed by atoms with van der Waals surface area (Å²) < 4.78 is 40.6. The number of aromatic amines is 1. The highest BCUT2D eigenvalue weighted by Gasteiger charge is 2.31.